The zero-order chi connectivity index (χ0) is 38.2. The van der Waals surface area contributed by atoms with Gasteiger partial charge in [-0.05, 0) is 0 Å². The van der Waals surface area contributed by atoms with E-state index in [1.165, 1.54) is 0 Å². The molecule has 4 aromatic heterocycles. The maximum atomic E-state index is 11.8. The minimum Gasteiger partial charge on any atom is -0.341 e. The lowest BCUT2D eigenvalue weighted by Gasteiger charge is -2.60. The lowest BCUT2D eigenvalue weighted by molar-refractivity contribution is -0.157. The van der Waals surface area contributed by atoms with Gasteiger partial charge in [-0.3, -0.25) is 29.4 Å². The predicted molar refractivity (Wildman–Crippen MR) is 214 cm³/mol. The van der Waals surface area contributed by atoms with Crippen molar-refractivity contribution >= 4 is 57.3 Å². The molecule has 2 aromatic carbocycles. The van der Waals surface area contributed by atoms with Gasteiger partial charge in [-0.2, -0.15) is 0 Å². The Balaban J connectivity index is 0.954. The van der Waals surface area contributed by atoms with Gasteiger partial charge in [0.2, 0.25) is 11.8 Å². The van der Waals surface area contributed by atoms with E-state index in [4.69, 9.17) is 43.1 Å². The van der Waals surface area contributed by atoms with Crippen LogP contribution in [0.5, 0.6) is 0 Å². The molecule has 0 aliphatic carbocycles. The van der Waals surface area contributed by atoms with Gasteiger partial charge in [0.25, 0.3) is 0 Å². The summed E-state index contributed by atoms with van der Waals surface area (Å²) in [5, 5.41) is 1.07. The van der Waals surface area contributed by atoms with Crippen molar-refractivity contribution in [2.75, 3.05) is 52.4 Å². The predicted octanol–water partition coefficient (Wildman–Crippen LogP) is 5.89. The number of aromatic nitrogens is 6. The molecule has 282 valence electrons. The number of halogens is 2. The SMILES string of the molecule is CC(=O)N1CCN(Cc2cn(C)c3nc(-c4cccc(-c5cccc(-c6cnc7c(CN8CC9(C8)CN(C(C)=O)C9)cn(C)c7n6)c5Cl)c4Cl)cnc23)CC1. The number of rotatable bonds is 7. The van der Waals surface area contributed by atoms with Crippen LogP contribution in [0.15, 0.2) is 61.2 Å². The molecule has 0 radical (unpaired) electrons. The summed E-state index contributed by atoms with van der Waals surface area (Å²) in [5.74, 6) is 0.284. The van der Waals surface area contributed by atoms with E-state index in [1.807, 2.05) is 69.4 Å². The van der Waals surface area contributed by atoms with E-state index in [1.54, 1.807) is 26.2 Å². The maximum absolute atomic E-state index is 11.8. The molecule has 0 saturated carbocycles. The molecule has 3 aliphatic heterocycles. The number of carbonyl (C=O) groups excluding carboxylic acids is 2. The number of nitrogens with zero attached hydrogens (tertiary/aromatic N) is 10. The highest BCUT2D eigenvalue weighted by Gasteiger charge is 2.52. The molecule has 12 nitrogen and oxygen atoms in total. The minimum absolute atomic E-state index is 0.125. The van der Waals surface area contributed by atoms with Crippen LogP contribution in [0.3, 0.4) is 0 Å². The van der Waals surface area contributed by atoms with Crippen molar-refractivity contribution in [2.24, 2.45) is 19.5 Å². The Morgan fingerprint density at radius 1 is 0.636 bits per heavy atom. The molecule has 6 aromatic rings. The topological polar surface area (TPSA) is 109 Å². The average Bonchev–Trinajstić information content (AvgIpc) is 3.62. The Hall–Kier alpha value is -4.88. The molecule has 14 heteroatoms. The highest BCUT2D eigenvalue weighted by molar-refractivity contribution is 6.39. The number of amides is 2. The van der Waals surface area contributed by atoms with Crippen LogP contribution >= 0.6 is 23.2 Å². The molecule has 1 spiro atoms. The second-order valence-electron chi connectivity index (χ2n) is 15.5. The van der Waals surface area contributed by atoms with Gasteiger partial charge in [-0.15, -0.1) is 0 Å². The van der Waals surface area contributed by atoms with Crippen LogP contribution in [0, 0.1) is 5.41 Å². The fourth-order valence-corrected chi connectivity index (χ4v) is 9.33. The lowest BCUT2D eigenvalue weighted by atomic mass is 9.72. The molecule has 7 heterocycles. The Kier molecular flexibility index (Phi) is 8.92. The monoisotopic (exact) mass is 776 g/mol. The number of carbonyl (C=O) groups is 2. The molecule has 3 saturated heterocycles. The van der Waals surface area contributed by atoms with Crippen molar-refractivity contribution in [3.05, 3.63) is 82.4 Å². The van der Waals surface area contributed by atoms with Gasteiger partial charge in [-0.1, -0.05) is 59.6 Å². The number of hydrogen-bond acceptors (Lipinski definition) is 8. The van der Waals surface area contributed by atoms with Gasteiger partial charge in [0, 0.05) is 145 Å². The first-order valence-electron chi connectivity index (χ1n) is 18.6. The molecule has 9 rings (SSSR count). The van der Waals surface area contributed by atoms with Gasteiger partial charge in [0.05, 0.1) is 33.8 Å². The van der Waals surface area contributed by atoms with E-state index in [2.05, 4.69) is 22.2 Å². The van der Waals surface area contributed by atoms with E-state index >= 15 is 0 Å². The van der Waals surface area contributed by atoms with Gasteiger partial charge < -0.3 is 18.9 Å². The van der Waals surface area contributed by atoms with Crippen molar-refractivity contribution < 1.29 is 9.59 Å². The smallest absolute Gasteiger partial charge is 0.219 e. The zero-order valence-corrected chi connectivity index (χ0v) is 32.9. The maximum Gasteiger partial charge on any atom is 0.219 e. The number of aryl methyl sites for hydroxylation is 2. The summed E-state index contributed by atoms with van der Waals surface area (Å²) in [6.45, 7) is 11.6. The van der Waals surface area contributed by atoms with Crippen molar-refractivity contribution in [2.45, 2.75) is 26.9 Å². The summed E-state index contributed by atoms with van der Waals surface area (Å²) in [4.78, 5) is 51.9. The van der Waals surface area contributed by atoms with Crippen molar-refractivity contribution in [1.29, 1.82) is 0 Å². The van der Waals surface area contributed by atoms with Gasteiger partial charge in [0.1, 0.15) is 11.0 Å². The van der Waals surface area contributed by atoms with E-state index < -0.39 is 0 Å². The first-order chi connectivity index (χ1) is 26.5. The number of piperazine rings is 1. The number of likely N-dealkylation sites (tertiary alicyclic amines) is 2. The summed E-state index contributed by atoms with van der Waals surface area (Å²) < 4.78 is 4.04. The normalized spacial score (nSPS) is 17.3. The van der Waals surface area contributed by atoms with Crippen LogP contribution in [0.25, 0.3) is 56.0 Å². The fourth-order valence-electron chi connectivity index (χ4n) is 8.69. The summed E-state index contributed by atoms with van der Waals surface area (Å²) in [6.07, 6.45) is 7.79. The molecule has 55 heavy (non-hydrogen) atoms. The lowest BCUT2D eigenvalue weighted by Crippen LogP contribution is -2.72. The largest absolute Gasteiger partial charge is 0.341 e. The summed E-state index contributed by atoms with van der Waals surface area (Å²) in [6, 6.07) is 11.8. The van der Waals surface area contributed by atoms with Crippen molar-refractivity contribution in [1.82, 2.24) is 48.7 Å². The molecule has 3 aliphatic rings. The fraction of sp³-hybridized carbons (Fsp3) is 0.366. The standard InChI is InChI=1S/C41H42Cl2N10O2/c1-25(54)52-13-11-50(12-14-52)19-27-17-48(3)39-37(27)44-15-33(46-39)31-9-5-7-29(35(31)42)30-8-6-10-32(36(30)43)34-16-45-38-28(18-49(4)40(38)47-34)20-51-21-41(22-51)23-53(24-41)26(2)55/h5-10,15-18H,11-14,19-24H2,1-4H3. The number of fused-ring (bicyclic) bond motifs is 2. The zero-order valence-electron chi connectivity index (χ0n) is 31.4. The second-order valence-corrected chi connectivity index (χ2v) is 16.3. The first-order valence-corrected chi connectivity index (χ1v) is 19.4. The van der Waals surface area contributed by atoms with Crippen LogP contribution in [0.2, 0.25) is 10.0 Å². The molecule has 0 N–H and O–H groups in total. The van der Waals surface area contributed by atoms with Crippen LogP contribution in [0.4, 0.5) is 0 Å². The molecule has 0 unspecified atom stereocenters. The third-order valence-electron chi connectivity index (χ3n) is 11.5. The molecule has 3 fully saturated rings. The van der Waals surface area contributed by atoms with E-state index in [0.29, 0.717) is 21.4 Å². The highest BCUT2D eigenvalue weighted by Crippen LogP contribution is 2.43. The third-order valence-corrected chi connectivity index (χ3v) is 12.4. The van der Waals surface area contributed by atoms with Crippen molar-refractivity contribution in [3.63, 3.8) is 0 Å². The number of benzene rings is 2. The number of hydrogen-bond donors (Lipinski definition) is 0. The van der Waals surface area contributed by atoms with Gasteiger partial charge >= 0.3 is 0 Å². The second kappa shape index (κ2) is 13.7. The van der Waals surface area contributed by atoms with E-state index in [9.17, 15) is 9.59 Å². The molecule has 0 bridgehead atoms. The van der Waals surface area contributed by atoms with Crippen molar-refractivity contribution in [3.8, 4) is 33.6 Å². The third kappa shape index (κ3) is 6.34. The summed E-state index contributed by atoms with van der Waals surface area (Å²) >= 11 is 14.4. The van der Waals surface area contributed by atoms with Crippen LogP contribution in [0.1, 0.15) is 25.0 Å². The minimum atomic E-state index is 0.125. The van der Waals surface area contributed by atoms with E-state index in [-0.39, 0.29) is 17.2 Å². The Morgan fingerprint density at radius 2 is 1.09 bits per heavy atom. The van der Waals surface area contributed by atoms with E-state index in [0.717, 1.165) is 121 Å². The molecule has 2 amide bonds. The Bertz CT molecular complexity index is 2510. The summed E-state index contributed by atoms with van der Waals surface area (Å²) in [7, 11) is 3.98. The van der Waals surface area contributed by atoms with Crippen LogP contribution < -0.4 is 0 Å². The Labute approximate surface area is 329 Å². The Morgan fingerprint density at radius 3 is 1.56 bits per heavy atom. The molecular weight excluding hydrogens is 735 g/mol. The average molecular weight is 778 g/mol. The summed E-state index contributed by atoms with van der Waals surface area (Å²) in [5.41, 5.74) is 10.2. The van der Waals surface area contributed by atoms with Crippen LogP contribution in [-0.4, -0.2) is 113 Å². The molecular formula is C41H42Cl2N10O2. The molecule has 0 atom stereocenters. The highest BCUT2D eigenvalue weighted by atomic mass is 35.5. The first kappa shape index (κ1) is 35.8. The van der Waals surface area contributed by atoms with Gasteiger partial charge in [-0.25, -0.2) is 9.97 Å². The quantitative estimate of drug-likeness (QED) is 0.198. The van der Waals surface area contributed by atoms with Gasteiger partial charge in [0.15, 0.2) is 11.3 Å². The van der Waals surface area contributed by atoms with Crippen LogP contribution in [-0.2, 0) is 36.8 Å².